The van der Waals surface area contributed by atoms with E-state index in [0.29, 0.717) is 6.54 Å². The first-order valence-electron chi connectivity index (χ1n) is 6.22. The van der Waals surface area contributed by atoms with Crippen molar-refractivity contribution in [1.29, 1.82) is 0 Å². The van der Waals surface area contributed by atoms with Crippen LogP contribution in [0, 0.1) is 5.92 Å². The summed E-state index contributed by atoms with van der Waals surface area (Å²) in [4.78, 5) is 23.2. The van der Waals surface area contributed by atoms with Crippen molar-refractivity contribution in [3.8, 4) is 0 Å². The van der Waals surface area contributed by atoms with Crippen molar-refractivity contribution >= 4 is 11.9 Å². The molecule has 1 saturated heterocycles. The number of carbonyl (C=O) groups is 2. The highest BCUT2D eigenvalue weighted by atomic mass is 16.5. The summed E-state index contributed by atoms with van der Waals surface area (Å²) in [6, 6.07) is -0.0941. The number of hydrogen-bond donors (Lipinski definition) is 2. The molecule has 0 aromatic heterocycles. The molecule has 0 aromatic rings. The van der Waals surface area contributed by atoms with Crippen LogP contribution in [0.3, 0.4) is 0 Å². The van der Waals surface area contributed by atoms with Crippen LogP contribution in [0.5, 0.6) is 0 Å². The zero-order valence-electron chi connectivity index (χ0n) is 10.8. The molecule has 98 valence electrons. The molecule has 0 radical (unpaired) electrons. The smallest absolute Gasteiger partial charge is 0.310 e. The van der Waals surface area contributed by atoms with Crippen LogP contribution < -0.4 is 10.6 Å². The SMILES string of the molecule is CC(C)OC(=O)C(C)CNC(=O)C1CCCN1. The molecule has 1 aliphatic rings. The van der Waals surface area contributed by atoms with Crippen LogP contribution in [0.2, 0.25) is 0 Å². The van der Waals surface area contributed by atoms with E-state index in [9.17, 15) is 9.59 Å². The summed E-state index contributed by atoms with van der Waals surface area (Å²) in [6.45, 7) is 6.61. The van der Waals surface area contributed by atoms with Crippen LogP contribution in [0.15, 0.2) is 0 Å². The topological polar surface area (TPSA) is 67.4 Å². The third-order valence-electron chi connectivity index (χ3n) is 2.71. The van der Waals surface area contributed by atoms with Crippen molar-refractivity contribution in [3.63, 3.8) is 0 Å². The van der Waals surface area contributed by atoms with Gasteiger partial charge in [0.15, 0.2) is 0 Å². The lowest BCUT2D eigenvalue weighted by molar-refractivity contribution is -0.151. The first-order valence-corrected chi connectivity index (χ1v) is 6.22. The maximum Gasteiger partial charge on any atom is 0.310 e. The van der Waals surface area contributed by atoms with Gasteiger partial charge in [-0.15, -0.1) is 0 Å². The first kappa shape index (κ1) is 14.0. The van der Waals surface area contributed by atoms with Crippen molar-refractivity contribution in [3.05, 3.63) is 0 Å². The van der Waals surface area contributed by atoms with E-state index in [1.807, 2.05) is 13.8 Å². The zero-order chi connectivity index (χ0) is 12.8. The molecule has 5 heteroatoms. The van der Waals surface area contributed by atoms with E-state index in [1.165, 1.54) is 0 Å². The highest BCUT2D eigenvalue weighted by molar-refractivity contribution is 5.82. The molecule has 0 aliphatic carbocycles. The van der Waals surface area contributed by atoms with Crippen LogP contribution in [0.4, 0.5) is 0 Å². The lowest BCUT2D eigenvalue weighted by Gasteiger charge is -2.16. The molecule has 2 N–H and O–H groups in total. The van der Waals surface area contributed by atoms with Crippen molar-refractivity contribution < 1.29 is 14.3 Å². The van der Waals surface area contributed by atoms with Gasteiger partial charge in [-0.2, -0.15) is 0 Å². The van der Waals surface area contributed by atoms with Crippen molar-refractivity contribution in [1.82, 2.24) is 10.6 Å². The molecule has 0 bridgehead atoms. The second kappa shape index (κ2) is 6.59. The molecule has 1 heterocycles. The van der Waals surface area contributed by atoms with Gasteiger partial charge in [-0.05, 0) is 33.2 Å². The molecule has 0 spiro atoms. The second-order valence-corrected chi connectivity index (χ2v) is 4.78. The van der Waals surface area contributed by atoms with Crippen molar-refractivity contribution in [2.45, 2.75) is 45.8 Å². The van der Waals surface area contributed by atoms with Gasteiger partial charge < -0.3 is 15.4 Å². The summed E-state index contributed by atoms with van der Waals surface area (Å²) < 4.78 is 5.06. The Labute approximate surface area is 102 Å². The van der Waals surface area contributed by atoms with E-state index in [4.69, 9.17) is 4.74 Å². The average Bonchev–Trinajstić information content (AvgIpc) is 2.77. The highest BCUT2D eigenvalue weighted by Crippen LogP contribution is 2.05. The maximum absolute atomic E-state index is 11.7. The van der Waals surface area contributed by atoms with E-state index in [1.54, 1.807) is 6.92 Å². The number of esters is 1. The van der Waals surface area contributed by atoms with E-state index >= 15 is 0 Å². The summed E-state index contributed by atoms with van der Waals surface area (Å²) in [5.74, 6) is -0.589. The number of amides is 1. The Kier molecular flexibility index (Phi) is 5.41. The van der Waals surface area contributed by atoms with Crippen molar-refractivity contribution in [2.24, 2.45) is 5.92 Å². The summed E-state index contributed by atoms with van der Waals surface area (Å²) in [7, 11) is 0. The van der Waals surface area contributed by atoms with Crippen molar-refractivity contribution in [2.75, 3.05) is 13.1 Å². The predicted octanol–water partition coefficient (Wildman–Crippen LogP) is 0.442. The number of carbonyl (C=O) groups excluding carboxylic acids is 2. The van der Waals surface area contributed by atoms with Gasteiger partial charge in [0, 0.05) is 6.54 Å². The predicted molar refractivity (Wildman–Crippen MR) is 64.4 cm³/mol. The summed E-state index contributed by atoms with van der Waals surface area (Å²) in [6.07, 6.45) is 1.79. The molecular weight excluding hydrogens is 220 g/mol. The molecule has 1 amide bonds. The Morgan fingerprint density at radius 2 is 2.12 bits per heavy atom. The molecule has 0 saturated carbocycles. The number of hydrogen-bond acceptors (Lipinski definition) is 4. The van der Waals surface area contributed by atoms with Crippen LogP contribution in [-0.2, 0) is 14.3 Å². The summed E-state index contributed by atoms with van der Waals surface area (Å²) in [5, 5.41) is 5.89. The number of nitrogens with one attached hydrogen (secondary N) is 2. The van der Waals surface area contributed by atoms with Gasteiger partial charge in [-0.3, -0.25) is 9.59 Å². The van der Waals surface area contributed by atoms with Gasteiger partial charge in [0.1, 0.15) is 0 Å². The third kappa shape index (κ3) is 4.73. The van der Waals surface area contributed by atoms with Crippen LogP contribution >= 0.6 is 0 Å². The normalized spacial score (nSPS) is 21.3. The van der Waals surface area contributed by atoms with Gasteiger partial charge in [-0.25, -0.2) is 0 Å². The van der Waals surface area contributed by atoms with E-state index in [-0.39, 0.29) is 29.9 Å². The molecule has 0 aromatic carbocycles. The largest absolute Gasteiger partial charge is 0.463 e. The first-order chi connectivity index (χ1) is 8.00. The standard InChI is InChI=1S/C12H22N2O3/c1-8(2)17-12(16)9(3)7-14-11(15)10-5-4-6-13-10/h8-10,13H,4-7H2,1-3H3,(H,14,15). The summed E-state index contributed by atoms with van der Waals surface area (Å²) in [5.41, 5.74) is 0. The lowest BCUT2D eigenvalue weighted by atomic mass is 10.1. The third-order valence-corrected chi connectivity index (χ3v) is 2.71. The highest BCUT2D eigenvalue weighted by Gasteiger charge is 2.23. The minimum atomic E-state index is -0.303. The molecule has 1 fully saturated rings. The summed E-state index contributed by atoms with van der Waals surface area (Å²) >= 11 is 0. The Bertz CT molecular complexity index is 273. The molecule has 1 aliphatic heterocycles. The Balaban J connectivity index is 2.24. The van der Waals surface area contributed by atoms with E-state index in [0.717, 1.165) is 19.4 Å². The lowest BCUT2D eigenvalue weighted by Crippen LogP contribution is -2.43. The van der Waals surface area contributed by atoms with Gasteiger partial charge in [0.05, 0.1) is 18.1 Å². The Morgan fingerprint density at radius 1 is 1.41 bits per heavy atom. The van der Waals surface area contributed by atoms with Crippen LogP contribution in [-0.4, -0.2) is 37.1 Å². The fraction of sp³-hybridized carbons (Fsp3) is 0.833. The fourth-order valence-corrected chi connectivity index (χ4v) is 1.72. The van der Waals surface area contributed by atoms with Gasteiger partial charge in [0.2, 0.25) is 5.91 Å². The van der Waals surface area contributed by atoms with Crippen LogP contribution in [0.25, 0.3) is 0 Å². The molecule has 17 heavy (non-hydrogen) atoms. The minimum Gasteiger partial charge on any atom is -0.463 e. The molecule has 2 atom stereocenters. The number of rotatable bonds is 5. The molecular formula is C12H22N2O3. The molecule has 1 rings (SSSR count). The van der Waals surface area contributed by atoms with E-state index in [2.05, 4.69) is 10.6 Å². The Morgan fingerprint density at radius 3 is 2.65 bits per heavy atom. The monoisotopic (exact) mass is 242 g/mol. The van der Waals surface area contributed by atoms with E-state index < -0.39 is 0 Å². The molecule has 2 unspecified atom stereocenters. The fourth-order valence-electron chi connectivity index (χ4n) is 1.72. The average molecular weight is 242 g/mol. The van der Waals surface area contributed by atoms with Crippen LogP contribution in [0.1, 0.15) is 33.6 Å². The van der Waals surface area contributed by atoms with Gasteiger partial charge in [0.25, 0.3) is 0 Å². The zero-order valence-corrected chi connectivity index (χ0v) is 10.8. The van der Waals surface area contributed by atoms with Gasteiger partial charge in [-0.1, -0.05) is 6.92 Å². The Hall–Kier alpha value is -1.10. The molecule has 5 nitrogen and oxygen atoms in total. The minimum absolute atomic E-state index is 0.0216. The van der Waals surface area contributed by atoms with Gasteiger partial charge >= 0.3 is 5.97 Å². The maximum atomic E-state index is 11.7. The second-order valence-electron chi connectivity index (χ2n) is 4.78. The quantitative estimate of drug-likeness (QED) is 0.687. The number of ether oxygens (including phenoxy) is 1.